The summed E-state index contributed by atoms with van der Waals surface area (Å²) in [4.78, 5) is 19.1. The molecule has 0 atom stereocenters. The largest absolute Gasteiger partial charge is 0.478 e. The molecule has 3 aromatic rings. The fourth-order valence-electron chi connectivity index (χ4n) is 2.19. The van der Waals surface area contributed by atoms with E-state index in [4.69, 9.17) is 27.2 Å². The standard InChI is InChI=1S/C18H15ClN4O3/c1-10-8-13(6-7-14(10)19)26-17-15(20)16(21-9-22-17)23-12-4-2-11(3-5-12)18(24)25/h2-9H,20H2,1H3,(H,24,25)(H,21,22,23). The first kappa shape index (κ1) is 17.5. The second-order valence-corrected chi connectivity index (χ2v) is 5.87. The SMILES string of the molecule is Cc1cc(Oc2ncnc(Nc3ccc(C(=O)O)cc3)c2N)ccc1Cl. The number of nitrogens with zero attached hydrogens (tertiary/aromatic N) is 2. The van der Waals surface area contributed by atoms with E-state index in [-0.39, 0.29) is 17.1 Å². The lowest BCUT2D eigenvalue weighted by atomic mass is 10.2. The van der Waals surface area contributed by atoms with Crippen molar-refractivity contribution in [3.8, 4) is 11.6 Å². The molecule has 0 aliphatic carbocycles. The maximum absolute atomic E-state index is 10.9. The Labute approximate surface area is 154 Å². The van der Waals surface area contributed by atoms with Gasteiger partial charge in [0.25, 0.3) is 0 Å². The Hall–Kier alpha value is -3.32. The second kappa shape index (κ2) is 7.28. The highest BCUT2D eigenvalue weighted by Gasteiger charge is 2.12. The summed E-state index contributed by atoms with van der Waals surface area (Å²) in [6, 6.07) is 11.4. The molecule has 4 N–H and O–H groups in total. The number of aromatic carboxylic acids is 1. The van der Waals surface area contributed by atoms with E-state index in [0.29, 0.717) is 22.3 Å². The van der Waals surface area contributed by atoms with Gasteiger partial charge in [-0.25, -0.2) is 9.78 Å². The van der Waals surface area contributed by atoms with E-state index >= 15 is 0 Å². The van der Waals surface area contributed by atoms with E-state index in [1.807, 2.05) is 6.92 Å². The molecule has 0 unspecified atom stereocenters. The topological polar surface area (TPSA) is 110 Å². The summed E-state index contributed by atoms with van der Waals surface area (Å²) in [7, 11) is 0. The lowest BCUT2D eigenvalue weighted by Gasteiger charge is -2.12. The molecule has 0 spiro atoms. The lowest BCUT2D eigenvalue weighted by molar-refractivity contribution is 0.0697. The maximum Gasteiger partial charge on any atom is 0.335 e. The number of anilines is 3. The van der Waals surface area contributed by atoms with Gasteiger partial charge in [-0.1, -0.05) is 11.6 Å². The van der Waals surface area contributed by atoms with Crippen molar-refractivity contribution in [1.82, 2.24) is 9.97 Å². The third-order valence-electron chi connectivity index (χ3n) is 3.59. The van der Waals surface area contributed by atoms with Gasteiger partial charge in [0.05, 0.1) is 5.56 Å². The van der Waals surface area contributed by atoms with Crippen molar-refractivity contribution in [2.24, 2.45) is 0 Å². The van der Waals surface area contributed by atoms with E-state index < -0.39 is 5.97 Å². The number of benzene rings is 2. The number of carbonyl (C=O) groups is 1. The molecule has 0 bridgehead atoms. The van der Waals surface area contributed by atoms with Crippen LogP contribution in [-0.2, 0) is 0 Å². The van der Waals surface area contributed by atoms with Crippen LogP contribution in [-0.4, -0.2) is 21.0 Å². The van der Waals surface area contributed by atoms with Gasteiger partial charge >= 0.3 is 5.97 Å². The molecule has 0 saturated carbocycles. The highest BCUT2D eigenvalue weighted by Crippen LogP contribution is 2.32. The zero-order valence-electron chi connectivity index (χ0n) is 13.7. The summed E-state index contributed by atoms with van der Waals surface area (Å²) in [6.07, 6.45) is 1.32. The van der Waals surface area contributed by atoms with Crippen molar-refractivity contribution in [3.05, 3.63) is 64.9 Å². The fourth-order valence-corrected chi connectivity index (χ4v) is 2.30. The molecule has 0 aliphatic heterocycles. The average molecular weight is 371 g/mol. The molecule has 0 amide bonds. The molecule has 0 saturated heterocycles. The van der Waals surface area contributed by atoms with Crippen molar-refractivity contribution in [1.29, 1.82) is 0 Å². The van der Waals surface area contributed by atoms with Crippen LogP contribution in [0.4, 0.5) is 17.2 Å². The summed E-state index contributed by atoms with van der Waals surface area (Å²) in [5.74, 6) is 0.108. The van der Waals surface area contributed by atoms with Crippen molar-refractivity contribution < 1.29 is 14.6 Å². The van der Waals surface area contributed by atoms with Crippen LogP contribution in [0.1, 0.15) is 15.9 Å². The molecule has 0 radical (unpaired) electrons. The molecule has 1 heterocycles. The number of halogens is 1. The number of carboxylic acid groups (broad SMARTS) is 1. The van der Waals surface area contributed by atoms with Gasteiger partial charge in [-0.15, -0.1) is 0 Å². The van der Waals surface area contributed by atoms with Crippen LogP contribution in [0.3, 0.4) is 0 Å². The first-order valence-electron chi connectivity index (χ1n) is 7.59. The van der Waals surface area contributed by atoms with E-state index in [1.54, 1.807) is 30.3 Å². The van der Waals surface area contributed by atoms with E-state index in [9.17, 15) is 4.79 Å². The minimum atomic E-state index is -0.993. The number of aromatic nitrogens is 2. The van der Waals surface area contributed by atoms with Crippen LogP contribution in [0, 0.1) is 6.92 Å². The minimum absolute atomic E-state index is 0.188. The number of nitrogen functional groups attached to an aromatic ring is 1. The predicted octanol–water partition coefficient (Wildman–Crippen LogP) is 4.25. The molecule has 3 rings (SSSR count). The van der Waals surface area contributed by atoms with Gasteiger partial charge in [-0.2, -0.15) is 4.98 Å². The lowest BCUT2D eigenvalue weighted by Crippen LogP contribution is -2.03. The number of rotatable bonds is 5. The van der Waals surface area contributed by atoms with Gasteiger partial charge in [0.15, 0.2) is 5.82 Å². The van der Waals surface area contributed by atoms with Gasteiger partial charge in [0.2, 0.25) is 5.88 Å². The fraction of sp³-hybridized carbons (Fsp3) is 0.0556. The van der Waals surface area contributed by atoms with Crippen molar-refractivity contribution in [3.63, 3.8) is 0 Å². The van der Waals surface area contributed by atoms with Crippen molar-refractivity contribution in [2.45, 2.75) is 6.92 Å². The Bertz CT molecular complexity index is 961. The zero-order valence-corrected chi connectivity index (χ0v) is 14.5. The van der Waals surface area contributed by atoms with Gasteiger partial charge < -0.3 is 20.9 Å². The van der Waals surface area contributed by atoms with Crippen molar-refractivity contribution >= 4 is 34.8 Å². The number of hydrogen-bond acceptors (Lipinski definition) is 6. The molecule has 7 nitrogen and oxygen atoms in total. The van der Waals surface area contributed by atoms with E-state index in [0.717, 1.165) is 5.56 Å². The van der Waals surface area contributed by atoms with Gasteiger partial charge in [-0.05, 0) is 55.0 Å². The Kier molecular flexibility index (Phi) is 4.90. The van der Waals surface area contributed by atoms with Crippen LogP contribution in [0.15, 0.2) is 48.8 Å². The molecule has 8 heteroatoms. The summed E-state index contributed by atoms with van der Waals surface area (Å²) in [6.45, 7) is 1.87. The Balaban J connectivity index is 1.82. The number of nitrogens with two attached hydrogens (primary N) is 1. The Morgan fingerprint density at radius 2 is 1.92 bits per heavy atom. The molecule has 132 valence electrons. The number of hydrogen-bond donors (Lipinski definition) is 3. The van der Waals surface area contributed by atoms with E-state index in [1.165, 1.54) is 18.5 Å². The molecule has 2 aromatic carbocycles. The predicted molar refractivity (Wildman–Crippen MR) is 99.4 cm³/mol. The quantitative estimate of drug-likeness (QED) is 0.615. The normalized spacial score (nSPS) is 10.4. The smallest absolute Gasteiger partial charge is 0.335 e. The van der Waals surface area contributed by atoms with Gasteiger partial charge in [0.1, 0.15) is 17.8 Å². The van der Waals surface area contributed by atoms with Crippen LogP contribution in [0.2, 0.25) is 5.02 Å². The molecule has 0 aliphatic rings. The molecule has 1 aromatic heterocycles. The molecule has 26 heavy (non-hydrogen) atoms. The zero-order chi connectivity index (χ0) is 18.7. The number of aryl methyl sites for hydroxylation is 1. The number of nitrogens with one attached hydrogen (secondary N) is 1. The van der Waals surface area contributed by atoms with E-state index in [2.05, 4.69) is 15.3 Å². The highest BCUT2D eigenvalue weighted by atomic mass is 35.5. The van der Waals surface area contributed by atoms with Crippen LogP contribution >= 0.6 is 11.6 Å². The monoisotopic (exact) mass is 370 g/mol. The summed E-state index contributed by atoms with van der Waals surface area (Å²) < 4.78 is 5.72. The summed E-state index contributed by atoms with van der Waals surface area (Å²) in [5.41, 5.74) is 8.01. The number of ether oxygens (including phenoxy) is 1. The summed E-state index contributed by atoms with van der Waals surface area (Å²) in [5, 5.41) is 12.6. The second-order valence-electron chi connectivity index (χ2n) is 5.46. The highest BCUT2D eigenvalue weighted by molar-refractivity contribution is 6.31. The van der Waals surface area contributed by atoms with Crippen LogP contribution in [0.25, 0.3) is 0 Å². The Morgan fingerprint density at radius 1 is 1.19 bits per heavy atom. The first-order valence-corrected chi connectivity index (χ1v) is 7.96. The third kappa shape index (κ3) is 3.84. The molecular formula is C18H15ClN4O3. The van der Waals surface area contributed by atoms with Crippen LogP contribution in [0.5, 0.6) is 11.6 Å². The maximum atomic E-state index is 10.9. The Morgan fingerprint density at radius 3 is 2.58 bits per heavy atom. The van der Waals surface area contributed by atoms with Crippen LogP contribution < -0.4 is 15.8 Å². The number of carboxylic acids is 1. The first-order chi connectivity index (χ1) is 12.4. The average Bonchev–Trinajstić information content (AvgIpc) is 2.62. The van der Waals surface area contributed by atoms with Crippen molar-refractivity contribution in [2.75, 3.05) is 11.1 Å². The van der Waals surface area contributed by atoms with Gasteiger partial charge in [-0.3, -0.25) is 0 Å². The minimum Gasteiger partial charge on any atom is -0.478 e. The third-order valence-corrected chi connectivity index (χ3v) is 4.01. The molecule has 0 fully saturated rings. The van der Waals surface area contributed by atoms with Gasteiger partial charge in [0, 0.05) is 10.7 Å². The molecular weight excluding hydrogens is 356 g/mol. The summed E-state index contributed by atoms with van der Waals surface area (Å²) >= 11 is 6.01.